The van der Waals surface area contributed by atoms with Gasteiger partial charge in [-0.1, -0.05) is 24.6 Å². The molecule has 0 heterocycles. The summed E-state index contributed by atoms with van der Waals surface area (Å²) in [5, 5.41) is 7.78. The second-order valence-electron chi connectivity index (χ2n) is 4.71. The first-order valence-electron chi connectivity index (χ1n) is 6.49. The molecule has 0 saturated heterocycles. The fraction of sp³-hybridized carbons (Fsp3) is 0.500. The number of benzene rings is 1. The van der Waals surface area contributed by atoms with E-state index in [1.165, 1.54) is 0 Å². The molecule has 0 unspecified atom stereocenters. The molecule has 0 aliphatic heterocycles. The van der Waals surface area contributed by atoms with Gasteiger partial charge >= 0.3 is 0 Å². The second-order valence-corrected chi connectivity index (χ2v) is 6.61. The molecule has 6 heteroatoms. The van der Waals surface area contributed by atoms with Gasteiger partial charge in [-0.05, 0) is 32.4 Å². The molecule has 0 aliphatic carbocycles. The Bertz CT molecular complexity index is 561. The van der Waals surface area contributed by atoms with Crippen molar-refractivity contribution in [2.45, 2.75) is 38.5 Å². The van der Waals surface area contributed by atoms with Crippen LogP contribution < -0.4 is 9.46 Å². The first-order chi connectivity index (χ1) is 9.39. The van der Waals surface area contributed by atoms with E-state index in [0.717, 1.165) is 5.56 Å². The maximum atomic E-state index is 11.9. The molecule has 110 valence electrons. The molecule has 1 N–H and O–H groups in total. The zero-order valence-electron chi connectivity index (χ0n) is 12.0. The van der Waals surface area contributed by atoms with Gasteiger partial charge in [0.15, 0.2) is 5.25 Å². The van der Waals surface area contributed by atoms with Gasteiger partial charge in [0.2, 0.25) is 10.0 Å². The van der Waals surface area contributed by atoms with Crippen molar-refractivity contribution in [3.8, 4) is 11.8 Å². The van der Waals surface area contributed by atoms with Crippen molar-refractivity contribution in [2.24, 2.45) is 0 Å². The molecule has 0 spiro atoms. The van der Waals surface area contributed by atoms with Crippen LogP contribution >= 0.6 is 0 Å². The van der Waals surface area contributed by atoms with Crippen LogP contribution in [0.15, 0.2) is 24.3 Å². The van der Waals surface area contributed by atoms with Crippen LogP contribution in [0.5, 0.6) is 5.75 Å². The Kier molecular flexibility index (Phi) is 5.99. The smallest absolute Gasteiger partial charge is 0.228 e. The topological polar surface area (TPSA) is 79.2 Å². The van der Waals surface area contributed by atoms with Crippen LogP contribution in [0.25, 0.3) is 0 Å². The summed E-state index contributed by atoms with van der Waals surface area (Å²) in [6.07, 6.45) is 0.261. The quantitative estimate of drug-likeness (QED) is 0.834. The maximum absolute atomic E-state index is 11.9. The van der Waals surface area contributed by atoms with Crippen molar-refractivity contribution in [2.75, 3.05) is 6.61 Å². The fourth-order valence-electron chi connectivity index (χ4n) is 1.63. The van der Waals surface area contributed by atoms with Gasteiger partial charge < -0.3 is 4.74 Å². The minimum Gasteiger partial charge on any atom is -0.492 e. The molecule has 20 heavy (non-hydrogen) atoms. The number of aryl methyl sites for hydroxylation is 1. The first kappa shape index (κ1) is 16.5. The largest absolute Gasteiger partial charge is 0.492 e. The first-order valence-corrected chi connectivity index (χ1v) is 8.04. The molecule has 0 amide bonds. The van der Waals surface area contributed by atoms with E-state index in [1.807, 2.05) is 31.2 Å². The molecule has 1 aromatic carbocycles. The summed E-state index contributed by atoms with van der Waals surface area (Å²) in [7, 11) is -3.62. The highest BCUT2D eigenvalue weighted by Crippen LogP contribution is 2.12. The number of nitrogens with one attached hydrogen (secondary N) is 1. The van der Waals surface area contributed by atoms with Gasteiger partial charge in [-0.2, -0.15) is 5.26 Å². The average molecular weight is 296 g/mol. The van der Waals surface area contributed by atoms with E-state index < -0.39 is 21.3 Å². The molecule has 5 nitrogen and oxygen atoms in total. The van der Waals surface area contributed by atoms with Crippen LogP contribution in [-0.4, -0.2) is 26.3 Å². The van der Waals surface area contributed by atoms with Crippen LogP contribution in [0.3, 0.4) is 0 Å². The minimum absolute atomic E-state index is 0.212. The molecule has 1 aromatic rings. The molecule has 0 fully saturated rings. The van der Waals surface area contributed by atoms with Gasteiger partial charge in [0.05, 0.1) is 12.1 Å². The number of sulfonamides is 1. The molecule has 1 rings (SSSR count). The predicted molar refractivity (Wildman–Crippen MR) is 77.9 cm³/mol. The SMILES string of the molecule is CC[C@@H](C#N)S(=O)(=O)N[C@@H](C)COc1ccc(C)cc1. The lowest BCUT2D eigenvalue weighted by atomic mass is 10.2. The van der Waals surface area contributed by atoms with Crippen molar-refractivity contribution in [1.82, 2.24) is 4.72 Å². The molecule has 0 bridgehead atoms. The highest BCUT2D eigenvalue weighted by molar-refractivity contribution is 7.90. The number of hydrogen-bond donors (Lipinski definition) is 1. The van der Waals surface area contributed by atoms with E-state index in [2.05, 4.69) is 4.72 Å². The third-order valence-corrected chi connectivity index (χ3v) is 4.69. The molecule has 0 saturated carbocycles. The highest BCUT2D eigenvalue weighted by atomic mass is 32.2. The van der Waals surface area contributed by atoms with E-state index in [0.29, 0.717) is 5.75 Å². The number of nitrogens with zero attached hydrogens (tertiary/aromatic N) is 1. The summed E-state index contributed by atoms with van der Waals surface area (Å²) in [5.74, 6) is 0.689. The molecular formula is C14H20N2O3S. The normalized spacial score (nSPS) is 14.3. The van der Waals surface area contributed by atoms with E-state index in [-0.39, 0.29) is 13.0 Å². The van der Waals surface area contributed by atoms with Crippen LogP contribution in [0.1, 0.15) is 25.8 Å². The summed E-state index contributed by atoms with van der Waals surface area (Å²) >= 11 is 0. The Balaban J connectivity index is 2.54. The van der Waals surface area contributed by atoms with Gasteiger partial charge in [0.25, 0.3) is 0 Å². The Hall–Kier alpha value is -1.58. The lowest BCUT2D eigenvalue weighted by Crippen LogP contribution is -2.41. The minimum atomic E-state index is -3.62. The van der Waals surface area contributed by atoms with Crippen LogP contribution in [-0.2, 0) is 10.0 Å². The summed E-state index contributed by atoms with van der Waals surface area (Å²) < 4.78 is 31.7. The number of ether oxygens (including phenoxy) is 1. The average Bonchev–Trinajstić information content (AvgIpc) is 2.38. The van der Waals surface area contributed by atoms with Crippen molar-refractivity contribution < 1.29 is 13.2 Å². The van der Waals surface area contributed by atoms with Crippen LogP contribution in [0.2, 0.25) is 0 Å². The van der Waals surface area contributed by atoms with E-state index >= 15 is 0 Å². The fourth-order valence-corrected chi connectivity index (χ4v) is 3.00. The standard InChI is InChI=1S/C14H20N2O3S/c1-4-14(9-15)20(17,18)16-12(3)10-19-13-7-5-11(2)6-8-13/h5-8,12,14,16H,4,10H2,1-3H3/t12-,14-/m0/s1. The van der Waals surface area contributed by atoms with Crippen molar-refractivity contribution in [1.29, 1.82) is 5.26 Å². The maximum Gasteiger partial charge on any atom is 0.228 e. The predicted octanol–water partition coefficient (Wildman–Crippen LogP) is 1.98. The summed E-state index contributed by atoms with van der Waals surface area (Å²) in [6, 6.07) is 8.90. The number of hydrogen-bond acceptors (Lipinski definition) is 4. The van der Waals surface area contributed by atoms with Crippen LogP contribution in [0, 0.1) is 18.3 Å². The van der Waals surface area contributed by atoms with E-state index in [1.54, 1.807) is 19.9 Å². The second kappa shape index (κ2) is 7.27. The van der Waals surface area contributed by atoms with Crippen molar-refractivity contribution in [3.63, 3.8) is 0 Å². The Morgan fingerprint density at radius 3 is 2.45 bits per heavy atom. The molecule has 0 aromatic heterocycles. The lowest BCUT2D eigenvalue weighted by molar-refractivity contribution is 0.287. The Morgan fingerprint density at radius 1 is 1.35 bits per heavy atom. The zero-order chi connectivity index (χ0) is 15.2. The summed E-state index contributed by atoms with van der Waals surface area (Å²) in [4.78, 5) is 0. The van der Waals surface area contributed by atoms with E-state index in [9.17, 15) is 8.42 Å². The van der Waals surface area contributed by atoms with Gasteiger partial charge in [-0.3, -0.25) is 0 Å². The van der Waals surface area contributed by atoms with Crippen molar-refractivity contribution >= 4 is 10.0 Å². The van der Waals surface area contributed by atoms with Crippen molar-refractivity contribution in [3.05, 3.63) is 29.8 Å². The molecular weight excluding hydrogens is 276 g/mol. The molecule has 0 aliphatic rings. The van der Waals surface area contributed by atoms with Gasteiger partial charge in [0.1, 0.15) is 12.4 Å². The summed E-state index contributed by atoms with van der Waals surface area (Å²) in [5.41, 5.74) is 1.13. The third kappa shape index (κ3) is 4.83. The monoisotopic (exact) mass is 296 g/mol. The Morgan fingerprint density at radius 2 is 1.95 bits per heavy atom. The van der Waals surface area contributed by atoms with Gasteiger partial charge in [0, 0.05) is 0 Å². The van der Waals surface area contributed by atoms with Gasteiger partial charge in [-0.15, -0.1) is 0 Å². The molecule has 2 atom stereocenters. The number of nitriles is 1. The third-order valence-electron chi connectivity index (χ3n) is 2.78. The highest BCUT2D eigenvalue weighted by Gasteiger charge is 2.25. The lowest BCUT2D eigenvalue weighted by Gasteiger charge is -2.17. The van der Waals surface area contributed by atoms with E-state index in [4.69, 9.17) is 10.00 Å². The molecule has 0 radical (unpaired) electrons. The number of rotatable bonds is 7. The van der Waals surface area contributed by atoms with Gasteiger partial charge in [-0.25, -0.2) is 13.1 Å². The van der Waals surface area contributed by atoms with Crippen LogP contribution in [0.4, 0.5) is 0 Å². The summed E-state index contributed by atoms with van der Waals surface area (Å²) in [6.45, 7) is 5.56. The Labute approximate surface area is 120 Å². The zero-order valence-corrected chi connectivity index (χ0v) is 12.8.